The molecule has 15 heavy (non-hydrogen) atoms. The Labute approximate surface area is 95.9 Å². The van der Waals surface area contributed by atoms with E-state index in [2.05, 4.69) is 5.32 Å². The van der Waals surface area contributed by atoms with E-state index in [0.717, 1.165) is 13.0 Å². The summed E-state index contributed by atoms with van der Waals surface area (Å²) in [7, 11) is 0. The van der Waals surface area contributed by atoms with Crippen LogP contribution in [0, 0.1) is 0 Å². The second-order valence-corrected chi connectivity index (χ2v) is 3.46. The molecule has 2 N–H and O–H groups in total. The van der Waals surface area contributed by atoms with Crippen molar-refractivity contribution in [1.82, 2.24) is 5.32 Å². The number of ether oxygens (including phenoxy) is 1. The number of benzene rings is 1. The SMILES string of the molecule is CCOc1cc([C@H]2CCN2)ccc1O.Cl. The van der Waals surface area contributed by atoms with Gasteiger partial charge >= 0.3 is 0 Å². The van der Waals surface area contributed by atoms with Crippen LogP contribution in [0.25, 0.3) is 0 Å². The zero-order chi connectivity index (χ0) is 9.97. The van der Waals surface area contributed by atoms with Crippen molar-refractivity contribution in [3.63, 3.8) is 0 Å². The van der Waals surface area contributed by atoms with Gasteiger partial charge in [-0.25, -0.2) is 0 Å². The van der Waals surface area contributed by atoms with E-state index in [0.29, 0.717) is 18.4 Å². The lowest BCUT2D eigenvalue weighted by Gasteiger charge is -2.28. The molecule has 0 amide bonds. The third-order valence-electron chi connectivity index (χ3n) is 2.51. The van der Waals surface area contributed by atoms with Crippen molar-refractivity contribution in [2.24, 2.45) is 0 Å². The Morgan fingerprint density at radius 3 is 2.80 bits per heavy atom. The van der Waals surface area contributed by atoms with Crippen LogP contribution >= 0.6 is 12.4 Å². The molecule has 0 aliphatic carbocycles. The van der Waals surface area contributed by atoms with Crippen LogP contribution in [0.3, 0.4) is 0 Å². The van der Waals surface area contributed by atoms with Gasteiger partial charge < -0.3 is 15.2 Å². The molecule has 2 rings (SSSR count). The van der Waals surface area contributed by atoms with Crippen molar-refractivity contribution in [3.05, 3.63) is 23.8 Å². The first-order valence-corrected chi connectivity index (χ1v) is 5.00. The molecule has 84 valence electrons. The lowest BCUT2D eigenvalue weighted by atomic mass is 9.98. The van der Waals surface area contributed by atoms with E-state index >= 15 is 0 Å². The van der Waals surface area contributed by atoms with E-state index in [-0.39, 0.29) is 18.2 Å². The van der Waals surface area contributed by atoms with Crippen LogP contribution in [0.1, 0.15) is 24.9 Å². The fourth-order valence-electron chi connectivity index (χ4n) is 1.59. The van der Waals surface area contributed by atoms with Gasteiger partial charge in [-0.15, -0.1) is 12.4 Å². The summed E-state index contributed by atoms with van der Waals surface area (Å²) >= 11 is 0. The summed E-state index contributed by atoms with van der Waals surface area (Å²) in [5, 5.41) is 12.8. The van der Waals surface area contributed by atoms with E-state index < -0.39 is 0 Å². The van der Waals surface area contributed by atoms with Gasteiger partial charge in [-0.2, -0.15) is 0 Å². The largest absolute Gasteiger partial charge is 0.504 e. The summed E-state index contributed by atoms with van der Waals surface area (Å²) < 4.78 is 5.32. The highest BCUT2D eigenvalue weighted by atomic mass is 35.5. The zero-order valence-corrected chi connectivity index (χ0v) is 9.51. The molecule has 1 heterocycles. The Morgan fingerprint density at radius 2 is 2.27 bits per heavy atom. The van der Waals surface area contributed by atoms with Crippen LogP contribution in [0.4, 0.5) is 0 Å². The Kier molecular flexibility index (Phi) is 4.24. The lowest BCUT2D eigenvalue weighted by Crippen LogP contribution is -2.34. The van der Waals surface area contributed by atoms with Crippen LogP contribution < -0.4 is 10.1 Å². The smallest absolute Gasteiger partial charge is 0.161 e. The predicted molar refractivity (Wildman–Crippen MR) is 61.9 cm³/mol. The molecule has 1 aliphatic rings. The molecule has 0 saturated carbocycles. The Balaban J connectivity index is 0.00000112. The van der Waals surface area contributed by atoms with Gasteiger partial charge in [0.1, 0.15) is 0 Å². The molecular formula is C11H16ClNO2. The summed E-state index contributed by atoms with van der Waals surface area (Å²) in [6.45, 7) is 3.57. The Bertz CT molecular complexity index is 326. The first-order chi connectivity index (χ1) is 6.81. The minimum atomic E-state index is 0. The molecular weight excluding hydrogens is 214 g/mol. The topological polar surface area (TPSA) is 41.5 Å². The van der Waals surface area contributed by atoms with E-state index in [1.807, 2.05) is 19.1 Å². The van der Waals surface area contributed by atoms with Gasteiger partial charge in [0.2, 0.25) is 0 Å². The Hall–Kier alpha value is -0.930. The molecule has 1 aromatic rings. The maximum Gasteiger partial charge on any atom is 0.161 e. The molecule has 0 radical (unpaired) electrons. The quantitative estimate of drug-likeness (QED) is 0.836. The first kappa shape index (κ1) is 12.1. The fraction of sp³-hybridized carbons (Fsp3) is 0.455. The molecule has 0 aromatic heterocycles. The van der Waals surface area contributed by atoms with E-state index in [1.165, 1.54) is 5.56 Å². The molecule has 1 fully saturated rings. The van der Waals surface area contributed by atoms with Crippen LogP contribution in [0.15, 0.2) is 18.2 Å². The van der Waals surface area contributed by atoms with E-state index in [4.69, 9.17) is 4.74 Å². The predicted octanol–water partition coefficient (Wildman–Crippen LogP) is 2.25. The van der Waals surface area contributed by atoms with Crippen LogP contribution in [0.2, 0.25) is 0 Å². The van der Waals surface area contributed by atoms with E-state index in [9.17, 15) is 5.11 Å². The number of phenols is 1. The number of phenolic OH excluding ortho intramolecular Hbond substituents is 1. The third-order valence-corrected chi connectivity index (χ3v) is 2.51. The average molecular weight is 230 g/mol. The minimum absolute atomic E-state index is 0. The summed E-state index contributed by atoms with van der Waals surface area (Å²) in [5.41, 5.74) is 1.19. The molecule has 1 saturated heterocycles. The maximum atomic E-state index is 9.49. The molecule has 0 unspecified atom stereocenters. The highest BCUT2D eigenvalue weighted by Crippen LogP contribution is 2.32. The minimum Gasteiger partial charge on any atom is -0.504 e. The number of nitrogens with one attached hydrogen (secondary N) is 1. The second kappa shape index (κ2) is 5.24. The van der Waals surface area contributed by atoms with Crippen molar-refractivity contribution >= 4 is 12.4 Å². The highest BCUT2D eigenvalue weighted by Gasteiger charge is 2.19. The van der Waals surface area contributed by atoms with Crippen LogP contribution in [-0.4, -0.2) is 18.3 Å². The van der Waals surface area contributed by atoms with Crippen molar-refractivity contribution < 1.29 is 9.84 Å². The number of hydrogen-bond donors (Lipinski definition) is 2. The van der Waals surface area contributed by atoms with Crippen LogP contribution in [0.5, 0.6) is 11.5 Å². The monoisotopic (exact) mass is 229 g/mol. The van der Waals surface area contributed by atoms with Gasteiger partial charge in [-0.05, 0) is 37.6 Å². The van der Waals surface area contributed by atoms with Gasteiger partial charge in [0.15, 0.2) is 11.5 Å². The normalized spacial score (nSPS) is 18.9. The average Bonchev–Trinajstić information content (AvgIpc) is 2.08. The number of rotatable bonds is 3. The van der Waals surface area contributed by atoms with Crippen molar-refractivity contribution in [2.45, 2.75) is 19.4 Å². The van der Waals surface area contributed by atoms with Crippen molar-refractivity contribution in [3.8, 4) is 11.5 Å². The first-order valence-electron chi connectivity index (χ1n) is 5.00. The number of aromatic hydroxyl groups is 1. The second-order valence-electron chi connectivity index (χ2n) is 3.46. The standard InChI is InChI=1S/C11H15NO2.ClH/c1-2-14-11-7-8(3-4-10(11)13)9-5-6-12-9;/h3-4,7,9,12-13H,2,5-6H2,1H3;1H/t9-;/m1./s1. The summed E-state index contributed by atoms with van der Waals surface area (Å²) in [6.07, 6.45) is 1.16. The molecule has 1 aromatic carbocycles. The van der Waals surface area contributed by atoms with Gasteiger partial charge in [0.25, 0.3) is 0 Å². The molecule has 1 atom stereocenters. The zero-order valence-electron chi connectivity index (χ0n) is 8.69. The summed E-state index contributed by atoms with van der Waals surface area (Å²) in [5.74, 6) is 0.800. The van der Waals surface area contributed by atoms with Crippen molar-refractivity contribution in [2.75, 3.05) is 13.2 Å². The molecule has 3 nitrogen and oxygen atoms in total. The molecule has 0 spiro atoms. The van der Waals surface area contributed by atoms with Gasteiger partial charge in [-0.1, -0.05) is 6.07 Å². The van der Waals surface area contributed by atoms with Gasteiger partial charge in [0, 0.05) is 6.04 Å². The fourth-order valence-corrected chi connectivity index (χ4v) is 1.59. The van der Waals surface area contributed by atoms with Crippen LogP contribution in [-0.2, 0) is 0 Å². The molecule has 1 aliphatic heterocycles. The lowest BCUT2D eigenvalue weighted by molar-refractivity contribution is 0.315. The van der Waals surface area contributed by atoms with Gasteiger partial charge in [0.05, 0.1) is 6.61 Å². The maximum absolute atomic E-state index is 9.49. The third kappa shape index (κ3) is 2.55. The van der Waals surface area contributed by atoms with Gasteiger partial charge in [-0.3, -0.25) is 0 Å². The van der Waals surface area contributed by atoms with E-state index in [1.54, 1.807) is 6.07 Å². The summed E-state index contributed by atoms with van der Waals surface area (Å²) in [4.78, 5) is 0. The number of halogens is 1. The molecule has 4 heteroatoms. The van der Waals surface area contributed by atoms with Crippen molar-refractivity contribution in [1.29, 1.82) is 0 Å². The molecule has 0 bridgehead atoms. The Morgan fingerprint density at radius 1 is 1.53 bits per heavy atom. The number of hydrogen-bond acceptors (Lipinski definition) is 3. The highest BCUT2D eigenvalue weighted by molar-refractivity contribution is 5.85. The summed E-state index contributed by atoms with van der Waals surface area (Å²) in [6, 6.07) is 5.99.